The fraction of sp³-hybridized carbons (Fsp3) is 0.167. The third kappa shape index (κ3) is 3.18. The number of esters is 1. The molecule has 3 aromatic rings. The molecule has 2 heterocycles. The SMILES string of the molecule is COC(=O)c1ccc(NC(=O)c2sc3nc(C)cc(C)c3c2N)cc1. The van der Waals surface area contributed by atoms with E-state index < -0.39 is 5.97 Å². The minimum absolute atomic E-state index is 0.302. The van der Waals surface area contributed by atoms with E-state index in [0.29, 0.717) is 21.8 Å². The number of nitrogen functional groups attached to an aromatic ring is 1. The molecule has 3 rings (SSSR count). The Bertz CT molecular complexity index is 977. The highest BCUT2D eigenvalue weighted by Gasteiger charge is 2.19. The fourth-order valence-electron chi connectivity index (χ4n) is 2.63. The lowest BCUT2D eigenvalue weighted by Crippen LogP contribution is -2.12. The molecular weight excluding hydrogens is 338 g/mol. The number of carbonyl (C=O) groups excluding carboxylic acids is 2. The summed E-state index contributed by atoms with van der Waals surface area (Å²) in [5.41, 5.74) is 9.48. The summed E-state index contributed by atoms with van der Waals surface area (Å²) < 4.78 is 4.65. The van der Waals surface area contributed by atoms with E-state index in [4.69, 9.17) is 5.73 Å². The van der Waals surface area contributed by atoms with Crippen molar-refractivity contribution in [2.75, 3.05) is 18.2 Å². The van der Waals surface area contributed by atoms with Crippen molar-refractivity contribution < 1.29 is 14.3 Å². The number of amides is 1. The summed E-state index contributed by atoms with van der Waals surface area (Å²) in [5.74, 6) is -0.730. The summed E-state index contributed by atoms with van der Waals surface area (Å²) in [5, 5.41) is 3.61. The Morgan fingerprint density at radius 3 is 2.52 bits per heavy atom. The van der Waals surface area contributed by atoms with Crippen molar-refractivity contribution in [3.63, 3.8) is 0 Å². The zero-order chi connectivity index (χ0) is 18.1. The quantitative estimate of drug-likeness (QED) is 0.701. The van der Waals surface area contributed by atoms with Gasteiger partial charge in [0.1, 0.15) is 9.71 Å². The molecule has 7 heteroatoms. The van der Waals surface area contributed by atoms with Crippen LogP contribution in [0.25, 0.3) is 10.2 Å². The van der Waals surface area contributed by atoms with Gasteiger partial charge in [-0.3, -0.25) is 4.79 Å². The molecule has 0 atom stereocenters. The molecule has 1 amide bonds. The Balaban J connectivity index is 1.89. The average Bonchev–Trinajstić information content (AvgIpc) is 2.91. The van der Waals surface area contributed by atoms with E-state index in [2.05, 4.69) is 15.0 Å². The van der Waals surface area contributed by atoms with E-state index >= 15 is 0 Å². The summed E-state index contributed by atoms with van der Waals surface area (Å²) in [4.78, 5) is 29.6. The zero-order valence-corrected chi connectivity index (χ0v) is 14.9. The van der Waals surface area contributed by atoms with Gasteiger partial charge in [-0.1, -0.05) is 0 Å². The number of pyridine rings is 1. The van der Waals surface area contributed by atoms with Gasteiger partial charge in [0.15, 0.2) is 0 Å². The van der Waals surface area contributed by atoms with E-state index in [1.807, 2.05) is 19.9 Å². The first-order valence-corrected chi connectivity index (χ1v) is 8.38. The van der Waals surface area contributed by atoms with Gasteiger partial charge in [-0.25, -0.2) is 9.78 Å². The molecule has 128 valence electrons. The van der Waals surface area contributed by atoms with E-state index in [9.17, 15) is 9.59 Å². The number of ether oxygens (including phenoxy) is 1. The second-order valence-corrected chi connectivity index (χ2v) is 6.63. The number of carbonyl (C=O) groups is 2. The maximum atomic E-state index is 12.6. The van der Waals surface area contributed by atoms with Crippen LogP contribution >= 0.6 is 11.3 Å². The van der Waals surface area contributed by atoms with Crippen molar-refractivity contribution in [1.29, 1.82) is 0 Å². The molecule has 0 aliphatic rings. The highest BCUT2D eigenvalue weighted by atomic mass is 32.1. The number of rotatable bonds is 3. The number of fused-ring (bicyclic) bond motifs is 1. The molecule has 0 aliphatic carbocycles. The van der Waals surface area contributed by atoms with Crippen LogP contribution in [-0.2, 0) is 4.74 Å². The first-order chi connectivity index (χ1) is 11.9. The molecule has 0 saturated heterocycles. The van der Waals surface area contributed by atoms with E-state index in [-0.39, 0.29) is 5.91 Å². The fourth-order valence-corrected chi connectivity index (χ4v) is 3.74. The third-order valence-corrected chi connectivity index (χ3v) is 4.89. The smallest absolute Gasteiger partial charge is 0.337 e. The Morgan fingerprint density at radius 1 is 1.20 bits per heavy atom. The van der Waals surface area contributed by atoms with Crippen LogP contribution in [-0.4, -0.2) is 24.0 Å². The number of hydrogen-bond acceptors (Lipinski definition) is 6. The second kappa shape index (κ2) is 6.52. The van der Waals surface area contributed by atoms with Crippen LogP contribution in [0.3, 0.4) is 0 Å². The summed E-state index contributed by atoms with van der Waals surface area (Å²) in [7, 11) is 1.32. The lowest BCUT2D eigenvalue weighted by molar-refractivity contribution is 0.0600. The number of aryl methyl sites for hydroxylation is 2. The number of anilines is 2. The number of aromatic nitrogens is 1. The number of thiophene rings is 1. The van der Waals surface area contributed by atoms with Gasteiger partial charge in [-0.15, -0.1) is 11.3 Å². The van der Waals surface area contributed by atoms with E-state index in [0.717, 1.165) is 21.5 Å². The van der Waals surface area contributed by atoms with Crippen molar-refractivity contribution in [1.82, 2.24) is 4.98 Å². The van der Waals surface area contributed by atoms with Gasteiger partial charge < -0.3 is 15.8 Å². The van der Waals surface area contributed by atoms with E-state index in [1.165, 1.54) is 18.4 Å². The van der Waals surface area contributed by atoms with Crippen LogP contribution < -0.4 is 11.1 Å². The number of benzene rings is 1. The minimum Gasteiger partial charge on any atom is -0.465 e. The molecule has 0 radical (unpaired) electrons. The van der Waals surface area contributed by atoms with Crippen LogP contribution in [0.1, 0.15) is 31.3 Å². The van der Waals surface area contributed by atoms with Gasteiger partial charge in [0, 0.05) is 16.8 Å². The van der Waals surface area contributed by atoms with Crippen molar-refractivity contribution in [2.24, 2.45) is 0 Å². The largest absolute Gasteiger partial charge is 0.465 e. The van der Waals surface area contributed by atoms with Crippen LogP contribution in [0, 0.1) is 13.8 Å². The topological polar surface area (TPSA) is 94.3 Å². The van der Waals surface area contributed by atoms with Gasteiger partial charge in [0.25, 0.3) is 5.91 Å². The van der Waals surface area contributed by atoms with Crippen molar-refractivity contribution in [2.45, 2.75) is 13.8 Å². The van der Waals surface area contributed by atoms with Gasteiger partial charge >= 0.3 is 5.97 Å². The molecule has 0 saturated carbocycles. The highest BCUT2D eigenvalue weighted by Crippen LogP contribution is 2.35. The molecule has 25 heavy (non-hydrogen) atoms. The lowest BCUT2D eigenvalue weighted by Gasteiger charge is -2.05. The summed E-state index contributed by atoms with van der Waals surface area (Å²) in [6.45, 7) is 3.86. The van der Waals surface area contributed by atoms with Crippen molar-refractivity contribution in [3.05, 3.63) is 52.0 Å². The molecule has 1 aromatic carbocycles. The predicted octanol–water partition coefficient (Wildman–Crippen LogP) is 3.53. The maximum Gasteiger partial charge on any atom is 0.337 e. The molecular formula is C18H17N3O3S. The number of nitrogens with two attached hydrogens (primary N) is 1. The standard InChI is InChI=1S/C18H17N3O3S/c1-9-8-10(2)20-17-13(9)14(19)15(25-17)16(22)21-12-6-4-11(5-7-12)18(23)24-3/h4-8H,19H2,1-3H3,(H,21,22). The summed E-state index contributed by atoms with van der Waals surface area (Å²) in [6.07, 6.45) is 0. The van der Waals surface area contributed by atoms with Crippen molar-refractivity contribution in [3.8, 4) is 0 Å². The monoisotopic (exact) mass is 355 g/mol. The predicted molar refractivity (Wildman–Crippen MR) is 99.2 cm³/mol. The number of nitrogens with one attached hydrogen (secondary N) is 1. The van der Waals surface area contributed by atoms with E-state index in [1.54, 1.807) is 24.3 Å². The molecule has 0 unspecified atom stereocenters. The minimum atomic E-state index is -0.427. The number of nitrogens with zero attached hydrogens (tertiary/aromatic N) is 1. The summed E-state index contributed by atoms with van der Waals surface area (Å²) >= 11 is 1.27. The lowest BCUT2D eigenvalue weighted by atomic mass is 10.1. The average molecular weight is 355 g/mol. The normalized spacial score (nSPS) is 10.7. The molecule has 3 N–H and O–H groups in total. The van der Waals surface area contributed by atoms with Crippen molar-refractivity contribution >= 4 is 44.8 Å². The van der Waals surface area contributed by atoms with Gasteiger partial charge in [-0.05, 0) is 49.7 Å². The first kappa shape index (κ1) is 16.9. The number of hydrogen-bond donors (Lipinski definition) is 2. The third-order valence-electron chi connectivity index (χ3n) is 3.79. The first-order valence-electron chi connectivity index (χ1n) is 7.56. The van der Waals surface area contributed by atoms with Crippen LogP contribution in [0.2, 0.25) is 0 Å². The molecule has 0 aliphatic heterocycles. The Kier molecular flexibility index (Phi) is 4.41. The van der Waals surface area contributed by atoms with Gasteiger partial charge in [-0.2, -0.15) is 0 Å². The summed E-state index contributed by atoms with van der Waals surface area (Å²) in [6, 6.07) is 8.40. The molecule has 0 bridgehead atoms. The van der Waals surface area contributed by atoms with Gasteiger partial charge in [0.05, 0.1) is 18.4 Å². The molecule has 0 fully saturated rings. The maximum absolute atomic E-state index is 12.6. The zero-order valence-electron chi connectivity index (χ0n) is 14.0. The Morgan fingerprint density at radius 2 is 1.88 bits per heavy atom. The Labute approximate surface area is 148 Å². The molecule has 2 aromatic heterocycles. The second-order valence-electron chi connectivity index (χ2n) is 5.63. The number of methoxy groups -OCH3 is 1. The van der Waals surface area contributed by atoms with Crippen LogP contribution in [0.4, 0.5) is 11.4 Å². The van der Waals surface area contributed by atoms with Gasteiger partial charge in [0.2, 0.25) is 0 Å². The van der Waals surface area contributed by atoms with Crippen LogP contribution in [0.15, 0.2) is 30.3 Å². The molecule has 6 nitrogen and oxygen atoms in total. The van der Waals surface area contributed by atoms with Crippen LogP contribution in [0.5, 0.6) is 0 Å². The molecule has 0 spiro atoms. The highest BCUT2D eigenvalue weighted by molar-refractivity contribution is 7.21. The Hall–Kier alpha value is -2.93.